The second-order valence-electron chi connectivity index (χ2n) is 8.99. The third kappa shape index (κ3) is 3.00. The van der Waals surface area contributed by atoms with Crippen molar-refractivity contribution in [3.05, 3.63) is 133 Å². The lowest BCUT2D eigenvalue weighted by Gasteiger charge is -2.12. The van der Waals surface area contributed by atoms with Crippen molar-refractivity contribution in [3.63, 3.8) is 0 Å². The fourth-order valence-electron chi connectivity index (χ4n) is 5.31. The first kappa shape index (κ1) is 19.1. The molecule has 0 aliphatic carbocycles. The van der Waals surface area contributed by atoms with E-state index in [1.807, 2.05) is 0 Å². The van der Waals surface area contributed by atoms with Crippen LogP contribution < -0.4 is 0 Å². The highest BCUT2D eigenvalue weighted by Gasteiger charge is 2.09. The summed E-state index contributed by atoms with van der Waals surface area (Å²) >= 11 is 0. The van der Waals surface area contributed by atoms with Gasteiger partial charge in [-0.25, -0.2) is 0 Å². The zero-order chi connectivity index (χ0) is 22.5. The molecule has 0 saturated heterocycles. The van der Waals surface area contributed by atoms with Gasteiger partial charge in [0.25, 0.3) is 0 Å². The van der Waals surface area contributed by atoms with E-state index in [1.54, 1.807) is 0 Å². The number of hydrogen-bond donors (Lipinski definition) is 0. The van der Waals surface area contributed by atoms with Gasteiger partial charge in [0.2, 0.25) is 0 Å². The monoisotopic (exact) mass is 430 g/mol. The number of fused-ring (bicyclic) bond motifs is 7. The largest absolute Gasteiger partial charge is 0.0616 e. The maximum absolute atomic E-state index is 2.36. The van der Waals surface area contributed by atoms with E-state index in [2.05, 4.69) is 133 Å². The van der Waals surface area contributed by atoms with Crippen molar-refractivity contribution in [1.29, 1.82) is 0 Å². The zero-order valence-corrected chi connectivity index (χ0v) is 18.7. The molecule has 158 valence electrons. The van der Waals surface area contributed by atoms with E-state index >= 15 is 0 Å². The summed E-state index contributed by atoms with van der Waals surface area (Å²) in [6.45, 7) is 0. The lowest BCUT2D eigenvalue weighted by atomic mass is 9.91. The second kappa shape index (κ2) is 7.57. The average molecular weight is 431 g/mol. The molecule has 0 bridgehead atoms. The molecule has 0 aromatic heterocycles. The Kier molecular flexibility index (Phi) is 4.25. The van der Waals surface area contributed by atoms with Crippen LogP contribution >= 0.6 is 0 Å². The van der Waals surface area contributed by atoms with Crippen molar-refractivity contribution < 1.29 is 0 Å². The van der Waals surface area contributed by atoms with Crippen LogP contribution in [-0.4, -0.2) is 0 Å². The minimum atomic E-state index is 1.24. The standard InChI is InChI=1S/C34H22/c1-2-8-26-21-27(18-17-23(26)7-1)24-13-15-25(16-14-24)28-19-20-33-31-11-4-3-9-29(31)30-10-5-6-12-32(30)34(33)22-28/h1-22H. The molecule has 0 aliphatic rings. The third-order valence-corrected chi connectivity index (χ3v) is 7.05. The molecule has 0 fully saturated rings. The topological polar surface area (TPSA) is 0 Å². The van der Waals surface area contributed by atoms with Crippen molar-refractivity contribution in [1.82, 2.24) is 0 Å². The van der Waals surface area contributed by atoms with Crippen LogP contribution in [-0.2, 0) is 0 Å². The minimum absolute atomic E-state index is 1.24. The average Bonchev–Trinajstić information content (AvgIpc) is 2.93. The summed E-state index contributed by atoms with van der Waals surface area (Å²) in [5.74, 6) is 0. The van der Waals surface area contributed by atoms with E-state index in [1.165, 1.54) is 65.3 Å². The maximum atomic E-state index is 2.36. The fraction of sp³-hybridized carbons (Fsp3) is 0. The summed E-state index contributed by atoms with van der Waals surface area (Å²) in [6, 6.07) is 48.6. The lowest BCUT2D eigenvalue weighted by Crippen LogP contribution is -1.85. The predicted molar refractivity (Wildman–Crippen MR) is 147 cm³/mol. The predicted octanol–water partition coefficient (Wildman–Crippen LogP) is 9.63. The van der Waals surface area contributed by atoms with E-state index in [0.717, 1.165) is 0 Å². The first-order valence-electron chi connectivity index (χ1n) is 11.8. The molecule has 0 saturated carbocycles. The van der Waals surface area contributed by atoms with Crippen LogP contribution in [0.5, 0.6) is 0 Å². The molecule has 0 amide bonds. The van der Waals surface area contributed by atoms with Crippen LogP contribution in [0.4, 0.5) is 0 Å². The molecule has 0 atom stereocenters. The van der Waals surface area contributed by atoms with Crippen molar-refractivity contribution >= 4 is 43.1 Å². The van der Waals surface area contributed by atoms with Crippen molar-refractivity contribution in [2.75, 3.05) is 0 Å². The Morgan fingerprint density at radius 1 is 0.235 bits per heavy atom. The summed E-state index contributed by atoms with van der Waals surface area (Å²) < 4.78 is 0. The van der Waals surface area contributed by atoms with Crippen molar-refractivity contribution in [2.24, 2.45) is 0 Å². The SMILES string of the molecule is c1ccc2cc(-c3ccc(-c4ccc5c6ccccc6c6ccccc6c5c4)cc3)ccc2c1. The minimum Gasteiger partial charge on any atom is -0.0616 e. The summed E-state index contributed by atoms with van der Waals surface area (Å²) in [4.78, 5) is 0. The number of hydrogen-bond acceptors (Lipinski definition) is 0. The Morgan fingerprint density at radius 2 is 0.647 bits per heavy atom. The Bertz CT molecular complexity index is 1800. The Morgan fingerprint density at radius 3 is 1.26 bits per heavy atom. The van der Waals surface area contributed by atoms with Gasteiger partial charge in [0.05, 0.1) is 0 Å². The molecule has 34 heavy (non-hydrogen) atoms. The first-order valence-corrected chi connectivity index (χ1v) is 11.8. The van der Waals surface area contributed by atoms with E-state index in [9.17, 15) is 0 Å². The van der Waals surface area contributed by atoms with Crippen molar-refractivity contribution in [3.8, 4) is 22.3 Å². The molecule has 0 nitrogen and oxygen atoms in total. The van der Waals surface area contributed by atoms with Gasteiger partial charge in [-0.1, -0.05) is 121 Å². The van der Waals surface area contributed by atoms with Crippen LogP contribution in [0.25, 0.3) is 65.3 Å². The second-order valence-corrected chi connectivity index (χ2v) is 8.99. The summed E-state index contributed by atoms with van der Waals surface area (Å²) in [5.41, 5.74) is 4.98. The summed E-state index contributed by atoms with van der Waals surface area (Å²) in [7, 11) is 0. The molecule has 0 N–H and O–H groups in total. The first-order chi connectivity index (χ1) is 16.8. The smallest absolute Gasteiger partial charge is 0.00928 e. The van der Waals surface area contributed by atoms with Gasteiger partial charge in [-0.15, -0.1) is 0 Å². The highest BCUT2D eigenvalue weighted by molar-refractivity contribution is 6.25. The normalized spacial score (nSPS) is 11.5. The van der Waals surface area contributed by atoms with Gasteiger partial charge in [-0.05, 0) is 77.5 Å². The molecule has 7 aromatic rings. The maximum Gasteiger partial charge on any atom is -0.00928 e. The van der Waals surface area contributed by atoms with Crippen LogP contribution in [0, 0.1) is 0 Å². The van der Waals surface area contributed by atoms with Gasteiger partial charge >= 0.3 is 0 Å². The van der Waals surface area contributed by atoms with Crippen LogP contribution in [0.15, 0.2) is 133 Å². The molecule has 7 rings (SSSR count). The van der Waals surface area contributed by atoms with Gasteiger partial charge in [0.1, 0.15) is 0 Å². The molecular weight excluding hydrogens is 408 g/mol. The Balaban J connectivity index is 1.36. The quantitative estimate of drug-likeness (QED) is 0.239. The third-order valence-electron chi connectivity index (χ3n) is 7.05. The van der Waals surface area contributed by atoms with Gasteiger partial charge in [0, 0.05) is 0 Å². The van der Waals surface area contributed by atoms with Crippen LogP contribution in [0.1, 0.15) is 0 Å². The Labute approximate surface area is 198 Å². The zero-order valence-electron chi connectivity index (χ0n) is 18.7. The molecular formula is C34H22. The van der Waals surface area contributed by atoms with Gasteiger partial charge in [-0.2, -0.15) is 0 Å². The van der Waals surface area contributed by atoms with Gasteiger partial charge in [0.15, 0.2) is 0 Å². The molecule has 0 heteroatoms. The molecule has 7 aromatic carbocycles. The van der Waals surface area contributed by atoms with Crippen LogP contribution in [0.2, 0.25) is 0 Å². The number of benzene rings is 7. The van der Waals surface area contributed by atoms with Gasteiger partial charge < -0.3 is 0 Å². The van der Waals surface area contributed by atoms with Crippen molar-refractivity contribution in [2.45, 2.75) is 0 Å². The Hall–Kier alpha value is -4.42. The summed E-state index contributed by atoms with van der Waals surface area (Å²) in [6.07, 6.45) is 0. The lowest BCUT2D eigenvalue weighted by molar-refractivity contribution is 1.62. The van der Waals surface area contributed by atoms with E-state index in [4.69, 9.17) is 0 Å². The molecule has 0 spiro atoms. The van der Waals surface area contributed by atoms with E-state index in [-0.39, 0.29) is 0 Å². The van der Waals surface area contributed by atoms with Gasteiger partial charge in [-0.3, -0.25) is 0 Å². The highest BCUT2D eigenvalue weighted by Crippen LogP contribution is 2.37. The van der Waals surface area contributed by atoms with E-state index in [0.29, 0.717) is 0 Å². The molecule has 0 radical (unpaired) electrons. The van der Waals surface area contributed by atoms with Crippen LogP contribution in [0.3, 0.4) is 0 Å². The number of rotatable bonds is 2. The van der Waals surface area contributed by atoms with E-state index < -0.39 is 0 Å². The molecule has 0 unspecified atom stereocenters. The summed E-state index contributed by atoms with van der Waals surface area (Å²) in [5, 5.41) is 10.4. The molecule has 0 aliphatic heterocycles. The highest BCUT2D eigenvalue weighted by atomic mass is 14.1. The molecule has 0 heterocycles. The fourth-order valence-corrected chi connectivity index (χ4v) is 5.31.